The van der Waals surface area contributed by atoms with Gasteiger partial charge in [0.05, 0.1) is 12.6 Å². The van der Waals surface area contributed by atoms with Gasteiger partial charge in [0.2, 0.25) is 11.8 Å². The molecule has 154 valence electrons. The van der Waals surface area contributed by atoms with E-state index in [-0.39, 0.29) is 17.9 Å². The number of carbonyl (C=O) groups is 2. The summed E-state index contributed by atoms with van der Waals surface area (Å²) >= 11 is 5.89. The summed E-state index contributed by atoms with van der Waals surface area (Å²) in [6.07, 6.45) is 4.72. The van der Waals surface area contributed by atoms with Crippen LogP contribution in [0.25, 0.3) is 0 Å². The molecule has 0 unspecified atom stereocenters. The van der Waals surface area contributed by atoms with Gasteiger partial charge in [0.25, 0.3) is 0 Å². The molecular weight excluding hydrogens is 376 g/mol. The number of nitrogens with zero attached hydrogens (tertiary/aromatic N) is 3. The van der Waals surface area contributed by atoms with Crippen molar-refractivity contribution in [3.05, 3.63) is 29.3 Å². The van der Waals surface area contributed by atoms with Gasteiger partial charge in [-0.3, -0.25) is 19.4 Å². The van der Waals surface area contributed by atoms with Crippen molar-refractivity contribution in [1.82, 2.24) is 14.7 Å². The van der Waals surface area contributed by atoms with E-state index in [0.717, 1.165) is 57.8 Å². The quantitative estimate of drug-likeness (QED) is 0.816. The van der Waals surface area contributed by atoms with Crippen molar-refractivity contribution < 1.29 is 9.59 Å². The molecule has 2 aliphatic heterocycles. The molecule has 0 spiro atoms. The van der Waals surface area contributed by atoms with Crippen LogP contribution in [0.15, 0.2) is 24.3 Å². The van der Waals surface area contributed by atoms with E-state index in [0.29, 0.717) is 11.6 Å². The normalized spacial score (nSPS) is 20.4. The Labute approximate surface area is 172 Å². The fourth-order valence-electron chi connectivity index (χ4n) is 3.87. The first-order valence-corrected chi connectivity index (χ1v) is 10.7. The minimum atomic E-state index is -0.209. The number of benzene rings is 1. The first kappa shape index (κ1) is 21.1. The Morgan fingerprint density at radius 3 is 2.18 bits per heavy atom. The van der Waals surface area contributed by atoms with Gasteiger partial charge >= 0.3 is 0 Å². The summed E-state index contributed by atoms with van der Waals surface area (Å²) in [6.45, 7) is 7.46. The Morgan fingerprint density at radius 2 is 1.57 bits per heavy atom. The standard InChI is InChI=1S/C21H31ClN4O2/c1-17(21(28)23-19-8-6-18(22)7-9-19)25-14-12-24(13-15-25)16-20(27)26-10-4-2-3-5-11-26/h6-9,17H,2-5,10-16H2,1H3,(H,23,28)/t17-/m0/s1. The van der Waals surface area contributed by atoms with Gasteiger partial charge in [-0.2, -0.15) is 0 Å². The lowest BCUT2D eigenvalue weighted by atomic mass is 10.2. The average Bonchev–Trinajstić information content (AvgIpc) is 2.99. The minimum absolute atomic E-state index is 0.0172. The number of hydrogen-bond acceptors (Lipinski definition) is 4. The van der Waals surface area contributed by atoms with Crippen LogP contribution in [0.2, 0.25) is 5.02 Å². The number of likely N-dealkylation sites (tertiary alicyclic amines) is 1. The molecule has 2 saturated heterocycles. The fourth-order valence-corrected chi connectivity index (χ4v) is 3.99. The molecule has 3 rings (SSSR count). The molecular formula is C21H31ClN4O2. The largest absolute Gasteiger partial charge is 0.342 e. The van der Waals surface area contributed by atoms with Crippen LogP contribution in [-0.4, -0.2) is 78.4 Å². The fraction of sp³-hybridized carbons (Fsp3) is 0.619. The molecule has 1 atom stereocenters. The van der Waals surface area contributed by atoms with Crippen LogP contribution >= 0.6 is 11.6 Å². The number of carbonyl (C=O) groups excluding carboxylic acids is 2. The van der Waals surface area contributed by atoms with E-state index in [9.17, 15) is 9.59 Å². The molecule has 0 radical (unpaired) electrons. The number of amides is 2. The lowest BCUT2D eigenvalue weighted by molar-refractivity contribution is -0.133. The molecule has 0 saturated carbocycles. The lowest BCUT2D eigenvalue weighted by Gasteiger charge is -2.37. The monoisotopic (exact) mass is 406 g/mol. The molecule has 2 aliphatic rings. The SMILES string of the molecule is C[C@@H](C(=O)Nc1ccc(Cl)cc1)N1CCN(CC(=O)N2CCCCCC2)CC1. The van der Waals surface area contributed by atoms with E-state index in [4.69, 9.17) is 11.6 Å². The van der Waals surface area contributed by atoms with Crippen molar-refractivity contribution in [1.29, 1.82) is 0 Å². The molecule has 2 amide bonds. The highest BCUT2D eigenvalue weighted by Crippen LogP contribution is 2.15. The highest BCUT2D eigenvalue weighted by Gasteiger charge is 2.27. The molecule has 6 nitrogen and oxygen atoms in total. The maximum atomic E-state index is 12.6. The Hall–Kier alpha value is -1.63. The van der Waals surface area contributed by atoms with Gasteiger partial charge < -0.3 is 10.2 Å². The molecule has 2 heterocycles. The van der Waals surface area contributed by atoms with Crippen LogP contribution in [-0.2, 0) is 9.59 Å². The van der Waals surface area contributed by atoms with E-state index in [1.807, 2.05) is 11.8 Å². The van der Waals surface area contributed by atoms with Crippen LogP contribution in [0.1, 0.15) is 32.6 Å². The molecule has 1 N–H and O–H groups in total. The summed E-state index contributed by atoms with van der Waals surface area (Å²) in [6, 6.07) is 6.93. The van der Waals surface area contributed by atoms with Crippen molar-refractivity contribution in [2.24, 2.45) is 0 Å². The van der Waals surface area contributed by atoms with Gasteiger partial charge in [0.1, 0.15) is 0 Å². The molecule has 0 aliphatic carbocycles. The van der Waals surface area contributed by atoms with Gasteiger partial charge in [-0.1, -0.05) is 24.4 Å². The number of hydrogen-bond donors (Lipinski definition) is 1. The number of nitrogens with one attached hydrogen (secondary N) is 1. The van der Waals surface area contributed by atoms with Crippen molar-refractivity contribution in [2.75, 3.05) is 51.1 Å². The highest BCUT2D eigenvalue weighted by molar-refractivity contribution is 6.30. The zero-order valence-corrected chi connectivity index (χ0v) is 17.5. The molecule has 1 aromatic carbocycles. The van der Waals surface area contributed by atoms with Gasteiger partial charge in [-0.25, -0.2) is 0 Å². The third-order valence-corrected chi connectivity index (χ3v) is 6.02. The molecule has 7 heteroatoms. The Kier molecular flexibility index (Phi) is 7.71. The zero-order chi connectivity index (χ0) is 19.9. The van der Waals surface area contributed by atoms with Crippen LogP contribution in [0.5, 0.6) is 0 Å². The van der Waals surface area contributed by atoms with Crippen molar-refractivity contribution in [3.8, 4) is 0 Å². The van der Waals surface area contributed by atoms with Gasteiger partial charge in [0, 0.05) is 50.0 Å². The smallest absolute Gasteiger partial charge is 0.241 e. The second kappa shape index (κ2) is 10.2. The average molecular weight is 407 g/mol. The van der Waals surface area contributed by atoms with Crippen LogP contribution in [0.3, 0.4) is 0 Å². The van der Waals surface area contributed by atoms with Gasteiger partial charge in [0.15, 0.2) is 0 Å². The molecule has 28 heavy (non-hydrogen) atoms. The van der Waals surface area contributed by atoms with Crippen molar-refractivity contribution in [3.63, 3.8) is 0 Å². The third-order valence-electron chi connectivity index (χ3n) is 5.76. The van der Waals surface area contributed by atoms with Crippen LogP contribution < -0.4 is 5.32 Å². The summed E-state index contributed by atoms with van der Waals surface area (Å²) in [4.78, 5) is 31.5. The van der Waals surface area contributed by atoms with E-state index in [1.165, 1.54) is 12.8 Å². The maximum absolute atomic E-state index is 12.6. The molecule has 2 fully saturated rings. The second-order valence-electron chi connectivity index (χ2n) is 7.78. The van der Waals surface area contributed by atoms with Crippen molar-refractivity contribution >= 4 is 29.1 Å². The Bertz CT molecular complexity index is 651. The first-order chi connectivity index (χ1) is 13.5. The number of halogens is 1. The van der Waals surface area contributed by atoms with Crippen molar-refractivity contribution in [2.45, 2.75) is 38.6 Å². The summed E-state index contributed by atoms with van der Waals surface area (Å²) in [5.74, 6) is 0.236. The zero-order valence-electron chi connectivity index (χ0n) is 16.7. The highest BCUT2D eigenvalue weighted by atomic mass is 35.5. The van der Waals surface area contributed by atoms with E-state index in [2.05, 4.69) is 15.1 Å². The predicted molar refractivity (Wildman–Crippen MR) is 113 cm³/mol. The van der Waals surface area contributed by atoms with Crippen LogP contribution in [0, 0.1) is 0 Å². The number of rotatable bonds is 5. The third kappa shape index (κ3) is 5.93. The number of piperazine rings is 1. The summed E-state index contributed by atoms with van der Waals surface area (Å²) in [5, 5.41) is 3.59. The summed E-state index contributed by atoms with van der Waals surface area (Å²) < 4.78 is 0. The second-order valence-corrected chi connectivity index (χ2v) is 8.22. The Morgan fingerprint density at radius 1 is 0.964 bits per heavy atom. The van der Waals surface area contributed by atoms with Gasteiger partial charge in [-0.05, 0) is 44.0 Å². The molecule has 1 aromatic rings. The number of anilines is 1. The first-order valence-electron chi connectivity index (χ1n) is 10.3. The Balaban J connectivity index is 1.43. The topological polar surface area (TPSA) is 55.9 Å². The predicted octanol–water partition coefficient (Wildman–Crippen LogP) is 2.69. The molecule has 0 bridgehead atoms. The lowest BCUT2D eigenvalue weighted by Crippen LogP contribution is -2.54. The molecule has 0 aromatic heterocycles. The minimum Gasteiger partial charge on any atom is -0.342 e. The van der Waals surface area contributed by atoms with E-state index < -0.39 is 0 Å². The maximum Gasteiger partial charge on any atom is 0.241 e. The summed E-state index contributed by atoms with van der Waals surface area (Å²) in [7, 11) is 0. The van der Waals surface area contributed by atoms with Crippen LogP contribution in [0.4, 0.5) is 5.69 Å². The van der Waals surface area contributed by atoms with Gasteiger partial charge in [-0.15, -0.1) is 0 Å². The summed E-state index contributed by atoms with van der Waals surface area (Å²) in [5.41, 5.74) is 0.753. The van der Waals surface area contributed by atoms with E-state index >= 15 is 0 Å². The van der Waals surface area contributed by atoms with E-state index in [1.54, 1.807) is 24.3 Å².